The molecule has 0 aromatic heterocycles. The van der Waals surface area contributed by atoms with E-state index in [1.54, 1.807) is 0 Å². The Balaban J connectivity index is 2.51. The van der Waals surface area contributed by atoms with Crippen molar-refractivity contribution in [2.24, 2.45) is 11.3 Å². The summed E-state index contributed by atoms with van der Waals surface area (Å²) in [7, 11) is 0. The van der Waals surface area contributed by atoms with Crippen molar-refractivity contribution in [3.63, 3.8) is 0 Å². The van der Waals surface area contributed by atoms with Gasteiger partial charge in [-0.2, -0.15) is 0 Å². The Labute approximate surface area is 68.4 Å². The fourth-order valence-corrected chi connectivity index (χ4v) is 1.79. The van der Waals surface area contributed by atoms with E-state index in [-0.39, 0.29) is 11.3 Å². The Hall–Kier alpha value is -0.530. The molecule has 0 radical (unpaired) electrons. The summed E-state index contributed by atoms with van der Waals surface area (Å²) in [5, 5.41) is 2.89. The fourth-order valence-electron chi connectivity index (χ4n) is 1.79. The molecule has 0 saturated heterocycles. The van der Waals surface area contributed by atoms with Crippen LogP contribution >= 0.6 is 0 Å². The molecule has 1 N–H and O–H groups in total. The van der Waals surface area contributed by atoms with Crippen LogP contribution in [0, 0.1) is 11.3 Å². The van der Waals surface area contributed by atoms with Crippen LogP contribution in [0.1, 0.15) is 33.6 Å². The number of nitrogens with one attached hydrogen (secondary N) is 1. The van der Waals surface area contributed by atoms with Gasteiger partial charge in [0.25, 0.3) is 0 Å². The maximum absolute atomic E-state index is 11.5. The monoisotopic (exact) mass is 155 g/mol. The van der Waals surface area contributed by atoms with Crippen molar-refractivity contribution in [2.75, 3.05) is 6.54 Å². The predicted molar refractivity (Wildman–Crippen MR) is 45.2 cm³/mol. The van der Waals surface area contributed by atoms with Crippen molar-refractivity contribution in [3.05, 3.63) is 0 Å². The van der Waals surface area contributed by atoms with Gasteiger partial charge in [-0.25, -0.2) is 0 Å². The van der Waals surface area contributed by atoms with Crippen molar-refractivity contribution in [1.29, 1.82) is 0 Å². The highest BCUT2D eigenvalue weighted by molar-refractivity contribution is 5.85. The van der Waals surface area contributed by atoms with E-state index in [0.717, 1.165) is 19.4 Å². The summed E-state index contributed by atoms with van der Waals surface area (Å²) < 4.78 is 0. The molecule has 1 aliphatic rings. The maximum Gasteiger partial charge on any atom is 0.226 e. The van der Waals surface area contributed by atoms with Gasteiger partial charge < -0.3 is 5.32 Å². The summed E-state index contributed by atoms with van der Waals surface area (Å²) in [6.45, 7) is 6.97. The first-order chi connectivity index (χ1) is 5.17. The average Bonchev–Trinajstić information content (AvgIpc) is 2.63. The molecule has 1 fully saturated rings. The van der Waals surface area contributed by atoms with E-state index in [2.05, 4.69) is 19.2 Å². The standard InChI is InChI=1S/C9H17NO/c1-4-9(6-7(9)3)8(11)10-5-2/h7H,4-6H2,1-3H3,(H,10,11). The van der Waals surface area contributed by atoms with E-state index in [9.17, 15) is 4.79 Å². The predicted octanol–water partition coefficient (Wildman–Crippen LogP) is 1.56. The van der Waals surface area contributed by atoms with Gasteiger partial charge in [0.15, 0.2) is 0 Å². The molecule has 0 spiro atoms. The number of amides is 1. The number of hydrogen-bond acceptors (Lipinski definition) is 1. The van der Waals surface area contributed by atoms with E-state index in [1.165, 1.54) is 0 Å². The zero-order chi connectivity index (χ0) is 8.48. The number of rotatable bonds is 3. The van der Waals surface area contributed by atoms with Crippen LogP contribution in [0.3, 0.4) is 0 Å². The molecule has 1 saturated carbocycles. The Morgan fingerprint density at radius 1 is 1.64 bits per heavy atom. The summed E-state index contributed by atoms with van der Waals surface area (Å²) >= 11 is 0. The minimum Gasteiger partial charge on any atom is -0.356 e. The summed E-state index contributed by atoms with van der Waals surface area (Å²) in [4.78, 5) is 11.5. The molecule has 2 atom stereocenters. The molecule has 0 heterocycles. The lowest BCUT2D eigenvalue weighted by Crippen LogP contribution is -2.32. The van der Waals surface area contributed by atoms with Crippen molar-refractivity contribution >= 4 is 5.91 Å². The van der Waals surface area contributed by atoms with Crippen molar-refractivity contribution in [3.8, 4) is 0 Å². The lowest BCUT2D eigenvalue weighted by Gasteiger charge is -2.12. The Morgan fingerprint density at radius 3 is 2.45 bits per heavy atom. The number of carbonyl (C=O) groups is 1. The second-order valence-electron chi connectivity index (χ2n) is 3.47. The van der Waals surface area contributed by atoms with E-state index in [0.29, 0.717) is 5.92 Å². The zero-order valence-corrected chi connectivity index (χ0v) is 7.61. The van der Waals surface area contributed by atoms with Crippen LogP contribution in [0.15, 0.2) is 0 Å². The second kappa shape index (κ2) is 2.84. The van der Waals surface area contributed by atoms with Crippen molar-refractivity contribution in [2.45, 2.75) is 33.6 Å². The van der Waals surface area contributed by atoms with Crippen LogP contribution in [0.5, 0.6) is 0 Å². The molecule has 0 aromatic carbocycles. The minimum atomic E-state index is 0.00993. The van der Waals surface area contributed by atoms with Crippen molar-refractivity contribution in [1.82, 2.24) is 5.32 Å². The zero-order valence-electron chi connectivity index (χ0n) is 7.61. The van der Waals surface area contributed by atoms with Gasteiger partial charge in [-0.15, -0.1) is 0 Å². The molecule has 0 aromatic rings. The smallest absolute Gasteiger partial charge is 0.226 e. The van der Waals surface area contributed by atoms with Gasteiger partial charge in [0.1, 0.15) is 0 Å². The van der Waals surface area contributed by atoms with E-state index in [4.69, 9.17) is 0 Å². The second-order valence-corrected chi connectivity index (χ2v) is 3.47. The third-order valence-electron chi connectivity index (χ3n) is 2.87. The molecule has 11 heavy (non-hydrogen) atoms. The largest absolute Gasteiger partial charge is 0.356 e. The highest BCUT2D eigenvalue weighted by atomic mass is 16.2. The summed E-state index contributed by atoms with van der Waals surface area (Å²) in [5.41, 5.74) is 0.00993. The minimum absolute atomic E-state index is 0.00993. The summed E-state index contributed by atoms with van der Waals surface area (Å²) in [5.74, 6) is 0.856. The van der Waals surface area contributed by atoms with Gasteiger partial charge >= 0.3 is 0 Å². The molecule has 2 nitrogen and oxygen atoms in total. The molecule has 2 heteroatoms. The molecular formula is C9H17NO. The molecule has 1 rings (SSSR count). The normalized spacial score (nSPS) is 35.0. The first-order valence-electron chi connectivity index (χ1n) is 4.45. The van der Waals surface area contributed by atoms with Gasteiger partial charge in [0.2, 0.25) is 5.91 Å². The van der Waals surface area contributed by atoms with Crippen molar-refractivity contribution < 1.29 is 4.79 Å². The van der Waals surface area contributed by atoms with Gasteiger partial charge in [0, 0.05) is 6.54 Å². The molecule has 1 amide bonds. The Morgan fingerprint density at radius 2 is 2.18 bits per heavy atom. The van der Waals surface area contributed by atoms with Crippen LogP contribution in [-0.2, 0) is 4.79 Å². The molecule has 2 unspecified atom stereocenters. The maximum atomic E-state index is 11.5. The summed E-state index contributed by atoms with van der Waals surface area (Å²) in [6.07, 6.45) is 2.06. The lowest BCUT2D eigenvalue weighted by atomic mass is 10.00. The van der Waals surface area contributed by atoms with Crippen LogP contribution in [0.25, 0.3) is 0 Å². The first-order valence-corrected chi connectivity index (χ1v) is 4.45. The molecule has 0 bridgehead atoms. The Kier molecular flexibility index (Phi) is 2.21. The van der Waals surface area contributed by atoms with Gasteiger partial charge in [0.05, 0.1) is 5.41 Å². The SMILES string of the molecule is CCNC(=O)C1(CC)CC1C. The summed E-state index contributed by atoms with van der Waals surface area (Å²) in [6, 6.07) is 0. The lowest BCUT2D eigenvalue weighted by molar-refractivity contribution is -0.126. The Bertz CT molecular complexity index is 163. The highest BCUT2D eigenvalue weighted by Crippen LogP contribution is 2.54. The van der Waals surface area contributed by atoms with Crippen LogP contribution in [0.4, 0.5) is 0 Å². The third kappa shape index (κ3) is 1.26. The molecule has 64 valence electrons. The van der Waals surface area contributed by atoms with E-state index < -0.39 is 0 Å². The fraction of sp³-hybridized carbons (Fsp3) is 0.889. The molecule has 1 aliphatic carbocycles. The van der Waals surface area contributed by atoms with Crippen LogP contribution < -0.4 is 5.32 Å². The van der Waals surface area contributed by atoms with Gasteiger partial charge in [-0.05, 0) is 25.7 Å². The topological polar surface area (TPSA) is 29.1 Å². The van der Waals surface area contributed by atoms with Gasteiger partial charge in [-0.1, -0.05) is 13.8 Å². The highest BCUT2D eigenvalue weighted by Gasteiger charge is 2.55. The average molecular weight is 155 g/mol. The van der Waals surface area contributed by atoms with E-state index >= 15 is 0 Å². The molecule has 0 aliphatic heterocycles. The first kappa shape index (κ1) is 8.57. The number of carbonyl (C=O) groups excluding carboxylic acids is 1. The van der Waals surface area contributed by atoms with E-state index in [1.807, 2.05) is 6.92 Å². The van der Waals surface area contributed by atoms with Crippen LogP contribution in [0.2, 0.25) is 0 Å². The molecular weight excluding hydrogens is 138 g/mol. The van der Waals surface area contributed by atoms with Crippen LogP contribution in [-0.4, -0.2) is 12.5 Å². The number of hydrogen-bond donors (Lipinski definition) is 1. The third-order valence-corrected chi connectivity index (χ3v) is 2.87. The quantitative estimate of drug-likeness (QED) is 0.658. The van der Waals surface area contributed by atoms with Gasteiger partial charge in [-0.3, -0.25) is 4.79 Å².